The fourth-order valence-corrected chi connectivity index (χ4v) is 2.69. The average Bonchev–Trinajstić information content (AvgIpc) is 2.81. The lowest BCUT2D eigenvalue weighted by atomic mass is 10.1. The first kappa shape index (κ1) is 15.1. The Morgan fingerprint density at radius 3 is 2.38 bits per heavy atom. The first-order valence-corrected chi connectivity index (χ1v) is 6.94. The maximum Gasteiger partial charge on any atom is 0.299 e. The first-order chi connectivity index (χ1) is 9.88. The summed E-state index contributed by atoms with van der Waals surface area (Å²) in [4.78, 5) is 33.3. The number of nitro groups is 1. The number of benzene rings is 1. The van der Waals surface area contributed by atoms with Gasteiger partial charge in [-0.25, -0.2) is 0 Å². The van der Waals surface area contributed by atoms with Crippen LogP contribution in [-0.4, -0.2) is 16.6 Å². The first-order valence-electron chi connectivity index (χ1n) is 5.74. The van der Waals surface area contributed by atoms with E-state index < -0.39 is 10.8 Å². The average molecular weight is 325 g/mol. The zero-order valence-electron chi connectivity index (χ0n) is 10.8. The van der Waals surface area contributed by atoms with Crippen LogP contribution in [0.3, 0.4) is 0 Å². The van der Waals surface area contributed by atoms with Crippen molar-refractivity contribution in [2.75, 3.05) is 5.32 Å². The topological polar surface area (TPSA) is 89.3 Å². The van der Waals surface area contributed by atoms with Gasteiger partial charge >= 0.3 is 0 Å². The van der Waals surface area contributed by atoms with Gasteiger partial charge in [0.25, 0.3) is 11.6 Å². The molecule has 0 radical (unpaired) electrons. The number of hydrogen-bond donors (Lipinski definition) is 1. The Labute approximate surface area is 128 Å². The molecule has 0 spiro atoms. The lowest BCUT2D eigenvalue weighted by molar-refractivity contribution is -0.384. The number of rotatable bonds is 4. The van der Waals surface area contributed by atoms with E-state index in [4.69, 9.17) is 11.6 Å². The summed E-state index contributed by atoms with van der Waals surface area (Å²) < 4.78 is -0.0444. The van der Waals surface area contributed by atoms with Crippen molar-refractivity contribution in [1.82, 2.24) is 0 Å². The molecule has 21 heavy (non-hydrogen) atoms. The Hall–Kier alpha value is -2.25. The van der Waals surface area contributed by atoms with Gasteiger partial charge in [0, 0.05) is 17.3 Å². The molecule has 0 saturated carbocycles. The summed E-state index contributed by atoms with van der Waals surface area (Å²) >= 11 is 6.54. The van der Waals surface area contributed by atoms with Gasteiger partial charge in [-0.1, -0.05) is 11.6 Å². The monoisotopic (exact) mass is 324 g/mol. The van der Waals surface area contributed by atoms with E-state index in [-0.39, 0.29) is 20.7 Å². The number of carbonyl (C=O) groups excluding carboxylic acids is 2. The van der Waals surface area contributed by atoms with Crippen molar-refractivity contribution >= 4 is 46.0 Å². The number of thiophene rings is 1. The quantitative estimate of drug-likeness (QED) is 0.526. The molecule has 1 aromatic heterocycles. The molecule has 0 atom stereocenters. The number of anilines is 1. The van der Waals surface area contributed by atoms with Gasteiger partial charge in [-0.05, 0) is 31.2 Å². The summed E-state index contributed by atoms with van der Waals surface area (Å²) in [5, 5.41) is 13.3. The van der Waals surface area contributed by atoms with E-state index in [0.717, 1.165) is 17.4 Å². The lowest BCUT2D eigenvalue weighted by Gasteiger charge is -2.03. The third-order valence-corrected chi connectivity index (χ3v) is 3.98. The van der Waals surface area contributed by atoms with E-state index >= 15 is 0 Å². The van der Waals surface area contributed by atoms with E-state index in [0.29, 0.717) is 11.3 Å². The third kappa shape index (κ3) is 3.45. The maximum absolute atomic E-state index is 12.0. The number of ketones is 1. The van der Waals surface area contributed by atoms with E-state index in [1.165, 1.54) is 6.92 Å². The van der Waals surface area contributed by atoms with Gasteiger partial charge in [-0.2, -0.15) is 0 Å². The number of carbonyl (C=O) groups is 2. The molecule has 2 aromatic rings. The molecule has 1 N–H and O–H groups in total. The van der Waals surface area contributed by atoms with Crippen LogP contribution >= 0.6 is 22.9 Å². The number of nitrogens with zero attached hydrogens (tertiary/aromatic N) is 1. The van der Waals surface area contributed by atoms with Crippen molar-refractivity contribution in [2.45, 2.75) is 6.92 Å². The normalized spacial score (nSPS) is 10.2. The highest BCUT2D eigenvalue weighted by Gasteiger charge is 2.21. The van der Waals surface area contributed by atoms with Gasteiger partial charge in [-0.3, -0.25) is 19.7 Å². The Morgan fingerprint density at radius 1 is 1.29 bits per heavy atom. The Bertz CT molecular complexity index is 724. The molecular formula is C13H9ClN2O4S. The van der Waals surface area contributed by atoms with Crippen LogP contribution in [0.15, 0.2) is 30.3 Å². The molecule has 0 bridgehead atoms. The number of hydrogen-bond acceptors (Lipinski definition) is 5. The van der Waals surface area contributed by atoms with Crippen molar-refractivity contribution in [1.29, 1.82) is 0 Å². The second kappa shape index (κ2) is 6.02. The maximum atomic E-state index is 12.0. The van der Waals surface area contributed by atoms with Crippen LogP contribution in [0.2, 0.25) is 4.34 Å². The largest absolute Gasteiger partial charge is 0.321 e. The lowest BCUT2D eigenvalue weighted by Crippen LogP contribution is -2.10. The van der Waals surface area contributed by atoms with Crippen LogP contribution in [0.25, 0.3) is 0 Å². The molecule has 0 unspecified atom stereocenters. The van der Waals surface area contributed by atoms with Crippen LogP contribution in [-0.2, 0) is 0 Å². The molecular weight excluding hydrogens is 316 g/mol. The Kier molecular flexibility index (Phi) is 4.35. The minimum atomic E-state index is -0.642. The van der Waals surface area contributed by atoms with Crippen LogP contribution in [0.5, 0.6) is 0 Å². The minimum Gasteiger partial charge on any atom is -0.321 e. The fourth-order valence-electron chi connectivity index (χ4n) is 1.58. The summed E-state index contributed by atoms with van der Waals surface area (Å²) in [6.45, 7) is 1.44. The van der Waals surface area contributed by atoms with E-state index in [1.807, 2.05) is 0 Å². The molecule has 1 aromatic carbocycles. The van der Waals surface area contributed by atoms with Crippen molar-refractivity contribution < 1.29 is 14.5 Å². The molecule has 1 heterocycles. The van der Waals surface area contributed by atoms with Gasteiger partial charge in [0.05, 0.1) is 4.92 Å². The molecule has 6 nitrogen and oxygen atoms in total. The van der Waals surface area contributed by atoms with Crippen LogP contribution < -0.4 is 5.32 Å². The van der Waals surface area contributed by atoms with Crippen molar-refractivity contribution in [3.05, 3.63) is 55.2 Å². The van der Waals surface area contributed by atoms with Gasteiger partial charge < -0.3 is 5.32 Å². The Balaban J connectivity index is 2.16. The second-order valence-electron chi connectivity index (χ2n) is 4.11. The van der Waals surface area contributed by atoms with Gasteiger partial charge in [-0.15, -0.1) is 11.3 Å². The fraction of sp³-hybridized carbons (Fsp3) is 0.0769. The summed E-state index contributed by atoms with van der Waals surface area (Å²) in [7, 11) is 0. The van der Waals surface area contributed by atoms with Gasteiger partial charge in [0.15, 0.2) is 10.1 Å². The molecule has 1 amide bonds. The highest BCUT2D eigenvalue weighted by Crippen LogP contribution is 2.34. The predicted octanol–water partition coefficient (Wildman–Crippen LogP) is 3.76. The van der Waals surface area contributed by atoms with Crippen LogP contribution in [0, 0.1) is 10.1 Å². The standard InChI is InChI=1S/C13H9ClN2O4S/c1-7(17)8-2-4-9(5-3-8)15-13(18)11-6-10(16(19)20)12(14)21-11/h2-6H,1H3,(H,15,18). The van der Waals surface area contributed by atoms with Crippen LogP contribution in [0.4, 0.5) is 11.4 Å². The summed E-state index contributed by atoms with van der Waals surface area (Å²) in [5.74, 6) is -0.570. The molecule has 108 valence electrons. The number of nitrogens with one attached hydrogen (secondary N) is 1. The van der Waals surface area contributed by atoms with Gasteiger partial charge in [0.1, 0.15) is 4.88 Å². The summed E-state index contributed by atoms with van der Waals surface area (Å²) in [6.07, 6.45) is 0. The van der Waals surface area contributed by atoms with E-state index in [9.17, 15) is 19.7 Å². The summed E-state index contributed by atoms with van der Waals surface area (Å²) in [6, 6.07) is 7.46. The van der Waals surface area contributed by atoms with Crippen LogP contribution in [0.1, 0.15) is 27.0 Å². The molecule has 0 saturated heterocycles. The number of Topliss-reactive ketones (excluding diaryl/α,β-unsaturated/α-hetero) is 1. The SMILES string of the molecule is CC(=O)c1ccc(NC(=O)c2cc([N+](=O)[O-])c(Cl)s2)cc1. The highest BCUT2D eigenvalue weighted by atomic mass is 35.5. The molecule has 2 rings (SSSR count). The molecule has 0 aliphatic heterocycles. The van der Waals surface area contributed by atoms with Crippen molar-refractivity contribution in [3.63, 3.8) is 0 Å². The minimum absolute atomic E-state index is 0.0444. The zero-order chi connectivity index (χ0) is 15.6. The van der Waals surface area contributed by atoms with E-state index in [1.54, 1.807) is 24.3 Å². The third-order valence-electron chi connectivity index (χ3n) is 2.64. The van der Waals surface area contributed by atoms with Crippen molar-refractivity contribution in [3.8, 4) is 0 Å². The molecule has 8 heteroatoms. The Morgan fingerprint density at radius 2 is 1.90 bits per heavy atom. The second-order valence-corrected chi connectivity index (χ2v) is 5.77. The molecule has 0 aliphatic rings. The number of amides is 1. The number of halogens is 1. The van der Waals surface area contributed by atoms with E-state index in [2.05, 4.69) is 5.32 Å². The summed E-state index contributed by atoms with van der Waals surface area (Å²) in [5.41, 5.74) is 0.721. The van der Waals surface area contributed by atoms with Crippen molar-refractivity contribution in [2.24, 2.45) is 0 Å². The van der Waals surface area contributed by atoms with Gasteiger partial charge in [0.2, 0.25) is 0 Å². The zero-order valence-corrected chi connectivity index (χ0v) is 12.3. The highest BCUT2D eigenvalue weighted by molar-refractivity contribution is 7.18. The predicted molar refractivity (Wildman–Crippen MR) is 80.4 cm³/mol. The molecule has 0 fully saturated rings. The molecule has 0 aliphatic carbocycles. The smallest absolute Gasteiger partial charge is 0.299 e.